The first kappa shape index (κ1) is 20.3. The Morgan fingerprint density at radius 1 is 1.21 bits per heavy atom. The monoisotopic (exact) mass is 499 g/mol. The highest BCUT2D eigenvalue weighted by atomic mass is 127. The molecule has 0 bridgehead atoms. The van der Waals surface area contributed by atoms with Gasteiger partial charge in [-0.3, -0.25) is 9.59 Å². The smallest absolute Gasteiger partial charge is 0.331 e. The van der Waals surface area contributed by atoms with Crippen LogP contribution in [0.4, 0.5) is 0 Å². The lowest BCUT2D eigenvalue weighted by molar-refractivity contribution is -0.895. The Labute approximate surface area is 175 Å². The summed E-state index contributed by atoms with van der Waals surface area (Å²) in [7, 11) is 0. The van der Waals surface area contributed by atoms with Gasteiger partial charge in [-0.1, -0.05) is 0 Å². The highest BCUT2D eigenvalue weighted by molar-refractivity contribution is 14.1. The molecule has 1 amide bonds. The Morgan fingerprint density at radius 3 is 2.64 bits per heavy atom. The number of piperazine rings is 1. The minimum Gasteiger partial charge on any atom is -0.459 e. The SMILES string of the molecule is O=C(COC(=O)C=Cc1ccc(I)o1)C[NH+]1CCN(C(=O)c2ccco2)CC1. The van der Waals surface area contributed by atoms with Crippen LogP contribution in [-0.4, -0.2) is 61.9 Å². The molecule has 2 aromatic rings. The number of ether oxygens (including phenoxy) is 1. The molecule has 1 aliphatic heterocycles. The van der Waals surface area contributed by atoms with Crippen LogP contribution < -0.4 is 4.90 Å². The fourth-order valence-corrected chi connectivity index (χ4v) is 3.29. The third-order valence-corrected chi connectivity index (χ3v) is 4.87. The lowest BCUT2D eigenvalue weighted by atomic mass is 10.2. The minimum atomic E-state index is -0.594. The number of nitrogens with one attached hydrogen (secondary N) is 1. The topological polar surface area (TPSA) is 94.4 Å². The van der Waals surface area contributed by atoms with Crippen molar-refractivity contribution < 1.29 is 32.9 Å². The maximum Gasteiger partial charge on any atom is 0.331 e. The van der Waals surface area contributed by atoms with Gasteiger partial charge in [-0.25, -0.2) is 4.79 Å². The molecule has 0 atom stereocenters. The summed E-state index contributed by atoms with van der Waals surface area (Å²) in [6.45, 7) is 2.40. The van der Waals surface area contributed by atoms with E-state index in [0.717, 1.165) is 8.67 Å². The van der Waals surface area contributed by atoms with Gasteiger partial charge < -0.3 is 23.4 Å². The second-order valence-electron chi connectivity index (χ2n) is 6.32. The van der Waals surface area contributed by atoms with Crippen LogP contribution in [0.25, 0.3) is 6.08 Å². The van der Waals surface area contributed by atoms with Crippen molar-refractivity contribution in [1.29, 1.82) is 0 Å². The molecule has 0 aromatic carbocycles. The largest absolute Gasteiger partial charge is 0.459 e. The van der Waals surface area contributed by atoms with Crippen molar-refractivity contribution in [3.8, 4) is 0 Å². The van der Waals surface area contributed by atoms with E-state index >= 15 is 0 Å². The van der Waals surface area contributed by atoms with Crippen LogP contribution in [0.2, 0.25) is 0 Å². The molecule has 148 valence electrons. The summed E-state index contributed by atoms with van der Waals surface area (Å²) in [5, 5.41) is 0. The molecule has 2 aromatic heterocycles. The maximum absolute atomic E-state index is 12.2. The molecule has 3 heterocycles. The molecule has 0 unspecified atom stereocenters. The zero-order chi connectivity index (χ0) is 19.9. The normalized spacial score (nSPS) is 15.1. The molecule has 3 rings (SSSR count). The Morgan fingerprint density at radius 2 is 2.00 bits per heavy atom. The number of esters is 1. The Hall–Kier alpha value is -2.40. The molecule has 8 nitrogen and oxygen atoms in total. The number of rotatable bonds is 7. The van der Waals surface area contributed by atoms with Crippen LogP contribution in [0.5, 0.6) is 0 Å². The van der Waals surface area contributed by atoms with E-state index in [9.17, 15) is 14.4 Å². The number of halogens is 1. The number of hydrogen-bond acceptors (Lipinski definition) is 6. The van der Waals surface area contributed by atoms with Crippen molar-refractivity contribution >= 4 is 46.3 Å². The average Bonchev–Trinajstić information content (AvgIpc) is 3.36. The number of nitrogens with zero attached hydrogens (tertiary/aromatic N) is 1. The molecule has 0 spiro atoms. The maximum atomic E-state index is 12.2. The summed E-state index contributed by atoms with van der Waals surface area (Å²) in [5.74, 6) is -0.0242. The molecule has 1 N–H and O–H groups in total. The lowest BCUT2D eigenvalue weighted by Crippen LogP contribution is -3.15. The summed E-state index contributed by atoms with van der Waals surface area (Å²) in [6.07, 6.45) is 4.20. The van der Waals surface area contributed by atoms with Gasteiger partial charge in [0.1, 0.15) is 12.3 Å². The van der Waals surface area contributed by atoms with Gasteiger partial charge in [0.05, 0.1) is 32.4 Å². The summed E-state index contributed by atoms with van der Waals surface area (Å²) < 4.78 is 16.1. The number of carbonyl (C=O) groups excluding carboxylic acids is 3. The van der Waals surface area contributed by atoms with Gasteiger partial charge in [0.15, 0.2) is 16.1 Å². The average molecular weight is 499 g/mol. The summed E-state index contributed by atoms with van der Waals surface area (Å²) in [5.41, 5.74) is 0. The molecule has 0 aliphatic carbocycles. The van der Waals surface area contributed by atoms with Crippen molar-refractivity contribution in [1.82, 2.24) is 4.90 Å². The van der Waals surface area contributed by atoms with Crippen molar-refractivity contribution in [2.24, 2.45) is 0 Å². The molecule has 9 heteroatoms. The molecular formula is C19H20IN2O6+. The number of Topliss-reactive ketones (excluding diaryl/α,β-unsaturated/α-hetero) is 1. The fourth-order valence-electron chi connectivity index (χ4n) is 2.86. The van der Waals surface area contributed by atoms with Crippen LogP contribution in [0.3, 0.4) is 0 Å². The van der Waals surface area contributed by atoms with Crippen molar-refractivity contribution in [3.63, 3.8) is 0 Å². The van der Waals surface area contributed by atoms with E-state index in [2.05, 4.69) is 0 Å². The van der Waals surface area contributed by atoms with Gasteiger partial charge >= 0.3 is 5.97 Å². The quantitative estimate of drug-likeness (QED) is 0.342. The van der Waals surface area contributed by atoms with E-state index in [1.165, 1.54) is 18.4 Å². The molecule has 0 radical (unpaired) electrons. The number of carbonyl (C=O) groups is 3. The number of amides is 1. The van der Waals surface area contributed by atoms with Gasteiger partial charge in [0.2, 0.25) is 5.78 Å². The van der Waals surface area contributed by atoms with E-state index in [-0.39, 0.29) is 24.8 Å². The summed E-state index contributed by atoms with van der Waals surface area (Å²) in [4.78, 5) is 38.7. The van der Waals surface area contributed by atoms with Gasteiger partial charge in [-0.05, 0) is 52.9 Å². The predicted molar refractivity (Wildman–Crippen MR) is 107 cm³/mol. The molecular weight excluding hydrogens is 479 g/mol. The molecule has 28 heavy (non-hydrogen) atoms. The van der Waals surface area contributed by atoms with Gasteiger partial charge in [0, 0.05) is 6.08 Å². The fraction of sp³-hybridized carbons (Fsp3) is 0.316. The van der Waals surface area contributed by atoms with E-state index in [1.807, 2.05) is 22.6 Å². The van der Waals surface area contributed by atoms with E-state index < -0.39 is 5.97 Å². The van der Waals surface area contributed by atoms with Gasteiger partial charge in [-0.2, -0.15) is 0 Å². The standard InChI is InChI=1S/C19H19IN2O6/c20-17-5-3-15(28-17)4-6-18(24)27-13-14(23)12-21-7-9-22(10-8-21)19(25)16-2-1-11-26-16/h1-6,11H,7-10,12-13H2/p+1. The van der Waals surface area contributed by atoms with Gasteiger partial charge in [-0.15, -0.1) is 0 Å². The minimum absolute atomic E-state index is 0.137. The summed E-state index contributed by atoms with van der Waals surface area (Å²) >= 11 is 2.03. The number of hydrogen-bond donors (Lipinski definition) is 1. The number of furan rings is 2. The van der Waals surface area contributed by atoms with Crippen LogP contribution >= 0.6 is 22.6 Å². The molecule has 1 saturated heterocycles. The second-order valence-corrected chi connectivity index (χ2v) is 7.38. The van der Waals surface area contributed by atoms with Crippen LogP contribution in [0.1, 0.15) is 16.3 Å². The van der Waals surface area contributed by atoms with E-state index in [0.29, 0.717) is 37.7 Å². The van der Waals surface area contributed by atoms with Crippen molar-refractivity contribution in [2.75, 3.05) is 39.3 Å². The first-order valence-corrected chi connectivity index (χ1v) is 9.87. The zero-order valence-corrected chi connectivity index (χ0v) is 17.2. The van der Waals surface area contributed by atoms with Crippen LogP contribution in [-0.2, 0) is 14.3 Å². The van der Waals surface area contributed by atoms with E-state index in [1.54, 1.807) is 29.2 Å². The second kappa shape index (κ2) is 9.69. The molecule has 0 saturated carbocycles. The Bertz CT molecular complexity index is 850. The highest BCUT2D eigenvalue weighted by Crippen LogP contribution is 2.11. The number of quaternary nitrogens is 1. The third-order valence-electron chi connectivity index (χ3n) is 4.29. The van der Waals surface area contributed by atoms with Crippen molar-refractivity contribution in [2.45, 2.75) is 0 Å². The Balaban J connectivity index is 1.36. The highest BCUT2D eigenvalue weighted by Gasteiger charge is 2.27. The zero-order valence-electron chi connectivity index (χ0n) is 15.1. The van der Waals surface area contributed by atoms with Gasteiger partial charge in [0.25, 0.3) is 5.91 Å². The van der Waals surface area contributed by atoms with Crippen LogP contribution in [0, 0.1) is 3.77 Å². The third kappa shape index (κ3) is 5.80. The van der Waals surface area contributed by atoms with Crippen LogP contribution in [0.15, 0.2) is 45.4 Å². The predicted octanol–water partition coefficient (Wildman–Crippen LogP) is 0.644. The van der Waals surface area contributed by atoms with Crippen molar-refractivity contribution in [3.05, 3.63) is 51.9 Å². The first-order valence-electron chi connectivity index (χ1n) is 8.79. The number of ketones is 1. The van der Waals surface area contributed by atoms with E-state index in [4.69, 9.17) is 13.6 Å². The summed E-state index contributed by atoms with van der Waals surface area (Å²) in [6, 6.07) is 6.83. The first-order chi connectivity index (χ1) is 13.5. The lowest BCUT2D eigenvalue weighted by Gasteiger charge is -2.31. The Kier molecular flexibility index (Phi) is 7.04. The molecule has 1 fully saturated rings. The molecule has 1 aliphatic rings.